The first-order chi connectivity index (χ1) is 14.0. The number of aliphatic hydroxyl groups is 2. The summed E-state index contributed by atoms with van der Waals surface area (Å²) >= 11 is 0. The molecule has 0 aromatic heterocycles. The van der Waals surface area contributed by atoms with Crippen LogP contribution in [0.15, 0.2) is 35.1 Å². The molecule has 3 aliphatic heterocycles. The fourth-order valence-electron chi connectivity index (χ4n) is 3.91. The van der Waals surface area contributed by atoms with Gasteiger partial charge in [-0.15, -0.1) is 0 Å². The lowest BCUT2D eigenvalue weighted by Gasteiger charge is -2.33. The van der Waals surface area contributed by atoms with Gasteiger partial charge in [0.2, 0.25) is 0 Å². The molecule has 0 aromatic carbocycles. The van der Waals surface area contributed by atoms with Crippen molar-refractivity contribution in [3.63, 3.8) is 0 Å². The van der Waals surface area contributed by atoms with Crippen LogP contribution in [0.5, 0.6) is 0 Å². The first-order valence-electron chi connectivity index (χ1n) is 9.72. The summed E-state index contributed by atoms with van der Waals surface area (Å²) in [6.07, 6.45) is 1.51. The quantitative estimate of drug-likeness (QED) is 0.379. The van der Waals surface area contributed by atoms with Gasteiger partial charge < -0.3 is 29.2 Å². The minimum absolute atomic E-state index is 0.0458. The largest absolute Gasteiger partial charge is 0.461 e. The van der Waals surface area contributed by atoms with Crippen LogP contribution < -0.4 is 0 Å². The highest BCUT2D eigenvalue weighted by Crippen LogP contribution is 2.47. The molecule has 2 N–H and O–H groups in total. The summed E-state index contributed by atoms with van der Waals surface area (Å²) in [6.45, 7) is 7.24. The number of hydrogen-bond donors (Lipinski definition) is 2. The SMILES string of the molecule is C=C(CO)C(=O)O[C@H]1C[C@@H](C)[C@@]2(O)CC[C@@](C)(/C=C3/OC(=O)C(COC(C)=O)=C31)O2. The van der Waals surface area contributed by atoms with Gasteiger partial charge in [-0.2, -0.15) is 0 Å². The summed E-state index contributed by atoms with van der Waals surface area (Å²) in [7, 11) is 0. The second kappa shape index (κ2) is 7.98. The van der Waals surface area contributed by atoms with E-state index in [2.05, 4.69) is 6.58 Å². The number of carbonyl (C=O) groups is 3. The Morgan fingerprint density at radius 2 is 2.07 bits per heavy atom. The molecule has 0 aliphatic carbocycles. The van der Waals surface area contributed by atoms with Crippen molar-refractivity contribution >= 4 is 17.9 Å². The van der Waals surface area contributed by atoms with Crippen LogP contribution in [-0.4, -0.2) is 58.8 Å². The molecule has 2 bridgehead atoms. The molecule has 0 unspecified atom stereocenters. The molecule has 3 aliphatic rings. The molecule has 0 aromatic rings. The maximum absolute atomic E-state index is 12.5. The maximum atomic E-state index is 12.5. The standard InChI is InChI=1S/C21H26O9/c1-11(9-22)18(24)28-15-7-12(2)21(26)6-5-20(4,30-21)8-16-17(15)14(19(25)29-16)10-27-13(3)23/h8,12,15,22,26H,1,5-7,9-10H2,2-4H3/b16-8+/t12-,15+,20+,21-/m1/s1. The Bertz CT molecular complexity index is 855. The van der Waals surface area contributed by atoms with Crippen LogP contribution in [0.3, 0.4) is 0 Å². The highest BCUT2D eigenvalue weighted by Gasteiger charge is 2.52. The van der Waals surface area contributed by atoms with Gasteiger partial charge >= 0.3 is 17.9 Å². The zero-order valence-corrected chi connectivity index (χ0v) is 17.2. The summed E-state index contributed by atoms with van der Waals surface area (Å²) in [5.74, 6) is -3.96. The molecule has 0 amide bonds. The minimum Gasteiger partial charge on any atom is -0.461 e. The molecule has 9 heteroatoms. The summed E-state index contributed by atoms with van der Waals surface area (Å²) in [5.41, 5.74) is -0.768. The monoisotopic (exact) mass is 422 g/mol. The minimum atomic E-state index is -1.45. The Morgan fingerprint density at radius 1 is 1.37 bits per heavy atom. The fraction of sp³-hybridized carbons (Fsp3) is 0.571. The van der Waals surface area contributed by atoms with E-state index in [-0.39, 0.29) is 35.5 Å². The predicted molar refractivity (Wildman–Crippen MR) is 101 cm³/mol. The van der Waals surface area contributed by atoms with Gasteiger partial charge in [-0.3, -0.25) is 4.79 Å². The van der Waals surface area contributed by atoms with Crippen molar-refractivity contribution in [1.29, 1.82) is 0 Å². The van der Waals surface area contributed by atoms with Crippen LogP contribution in [0.1, 0.15) is 40.0 Å². The van der Waals surface area contributed by atoms with E-state index >= 15 is 0 Å². The van der Waals surface area contributed by atoms with Crippen molar-refractivity contribution in [2.24, 2.45) is 5.92 Å². The number of rotatable bonds is 5. The van der Waals surface area contributed by atoms with Gasteiger partial charge in [0, 0.05) is 24.8 Å². The van der Waals surface area contributed by atoms with Crippen molar-refractivity contribution in [3.8, 4) is 0 Å². The van der Waals surface area contributed by atoms with Crippen LogP contribution >= 0.6 is 0 Å². The van der Waals surface area contributed by atoms with Crippen molar-refractivity contribution < 1.29 is 43.5 Å². The molecule has 30 heavy (non-hydrogen) atoms. The average Bonchev–Trinajstić information content (AvgIpc) is 3.14. The van der Waals surface area contributed by atoms with Gasteiger partial charge in [0.15, 0.2) is 5.79 Å². The first-order valence-corrected chi connectivity index (χ1v) is 9.72. The van der Waals surface area contributed by atoms with Crippen LogP contribution in [-0.2, 0) is 33.3 Å². The third kappa shape index (κ3) is 4.19. The Kier molecular flexibility index (Phi) is 5.90. The van der Waals surface area contributed by atoms with Crippen LogP contribution in [0.2, 0.25) is 0 Å². The van der Waals surface area contributed by atoms with Crippen LogP contribution in [0, 0.1) is 5.92 Å². The van der Waals surface area contributed by atoms with Crippen LogP contribution in [0.4, 0.5) is 0 Å². The lowest BCUT2D eigenvalue weighted by Crippen LogP contribution is -2.40. The van der Waals surface area contributed by atoms with E-state index in [1.54, 1.807) is 19.9 Å². The Balaban J connectivity index is 2.10. The maximum Gasteiger partial charge on any atom is 0.343 e. The normalized spacial score (nSPS) is 34.7. The van der Waals surface area contributed by atoms with E-state index < -0.39 is 47.9 Å². The van der Waals surface area contributed by atoms with Gasteiger partial charge in [-0.1, -0.05) is 13.5 Å². The second-order valence-corrected chi connectivity index (χ2v) is 8.12. The van der Waals surface area contributed by atoms with Gasteiger partial charge in [0.05, 0.1) is 23.4 Å². The van der Waals surface area contributed by atoms with Crippen molar-refractivity contribution in [3.05, 3.63) is 35.1 Å². The molecule has 0 saturated carbocycles. The van der Waals surface area contributed by atoms with Gasteiger partial charge in [-0.05, 0) is 25.8 Å². The summed E-state index contributed by atoms with van der Waals surface area (Å²) in [6, 6.07) is 0. The summed E-state index contributed by atoms with van der Waals surface area (Å²) in [5, 5.41) is 20.2. The molecule has 0 spiro atoms. The van der Waals surface area contributed by atoms with E-state index in [1.807, 2.05) is 0 Å². The molecule has 1 saturated heterocycles. The number of aliphatic hydroxyl groups excluding tert-OH is 1. The third-order valence-electron chi connectivity index (χ3n) is 5.67. The second-order valence-electron chi connectivity index (χ2n) is 8.12. The number of hydrogen-bond acceptors (Lipinski definition) is 9. The number of carbonyl (C=O) groups excluding carboxylic acids is 3. The zero-order chi connectivity index (χ0) is 22.3. The molecule has 9 nitrogen and oxygen atoms in total. The Hall–Kier alpha value is -2.49. The van der Waals surface area contributed by atoms with E-state index in [0.29, 0.717) is 12.8 Å². The fourth-order valence-corrected chi connectivity index (χ4v) is 3.91. The van der Waals surface area contributed by atoms with E-state index in [0.717, 1.165) is 0 Å². The molecule has 3 rings (SSSR count). The number of fused-ring (bicyclic) bond motifs is 3. The average molecular weight is 422 g/mol. The van der Waals surface area contributed by atoms with Gasteiger partial charge in [0.25, 0.3) is 0 Å². The molecule has 164 valence electrons. The highest BCUT2D eigenvalue weighted by molar-refractivity contribution is 5.96. The van der Waals surface area contributed by atoms with E-state index in [1.165, 1.54) is 6.92 Å². The lowest BCUT2D eigenvalue weighted by molar-refractivity contribution is -0.238. The molecule has 0 radical (unpaired) electrons. The smallest absolute Gasteiger partial charge is 0.343 e. The molecular formula is C21H26O9. The van der Waals surface area contributed by atoms with Gasteiger partial charge in [0.1, 0.15) is 18.5 Å². The lowest BCUT2D eigenvalue weighted by atomic mass is 9.86. The van der Waals surface area contributed by atoms with Crippen molar-refractivity contribution in [1.82, 2.24) is 0 Å². The van der Waals surface area contributed by atoms with Crippen molar-refractivity contribution in [2.45, 2.75) is 57.5 Å². The summed E-state index contributed by atoms with van der Waals surface area (Å²) < 4.78 is 21.9. The molecular weight excluding hydrogens is 396 g/mol. The van der Waals surface area contributed by atoms with Gasteiger partial charge in [-0.25, -0.2) is 9.59 Å². The van der Waals surface area contributed by atoms with Crippen molar-refractivity contribution in [2.75, 3.05) is 13.2 Å². The Labute approximate surface area is 173 Å². The topological polar surface area (TPSA) is 129 Å². The molecule has 1 fully saturated rings. The van der Waals surface area contributed by atoms with E-state index in [4.69, 9.17) is 18.9 Å². The molecule has 3 heterocycles. The third-order valence-corrected chi connectivity index (χ3v) is 5.67. The van der Waals surface area contributed by atoms with E-state index in [9.17, 15) is 24.6 Å². The molecule has 4 atom stereocenters. The zero-order valence-electron chi connectivity index (χ0n) is 17.2. The predicted octanol–water partition coefficient (Wildman–Crippen LogP) is 1.04. The highest BCUT2D eigenvalue weighted by atomic mass is 16.6. The summed E-state index contributed by atoms with van der Waals surface area (Å²) in [4.78, 5) is 36.2. The Morgan fingerprint density at radius 3 is 2.70 bits per heavy atom. The van der Waals surface area contributed by atoms with Crippen LogP contribution in [0.25, 0.3) is 0 Å². The number of ether oxygens (including phenoxy) is 4. The first kappa shape index (κ1) is 22.2. The number of esters is 3.